The summed E-state index contributed by atoms with van der Waals surface area (Å²) in [4.78, 5) is 15.8. The van der Waals surface area contributed by atoms with Gasteiger partial charge in [-0.05, 0) is 41.8 Å². The maximum absolute atomic E-state index is 11.7. The van der Waals surface area contributed by atoms with E-state index in [4.69, 9.17) is 0 Å². The number of nitrogens with zero attached hydrogens (tertiary/aromatic N) is 1. The summed E-state index contributed by atoms with van der Waals surface area (Å²) in [5, 5.41) is 2.94. The first-order chi connectivity index (χ1) is 6.66. The number of hydrogen-bond acceptors (Lipinski definition) is 2. The number of hydrogen-bond donors (Lipinski definition) is 1. The van der Waals surface area contributed by atoms with Gasteiger partial charge in [-0.25, -0.2) is 0 Å². The lowest BCUT2D eigenvalue weighted by atomic mass is 10.2. The van der Waals surface area contributed by atoms with Crippen molar-refractivity contribution < 1.29 is 4.79 Å². The number of rotatable bonds is 2. The van der Waals surface area contributed by atoms with E-state index in [-0.39, 0.29) is 5.91 Å². The van der Waals surface area contributed by atoms with Gasteiger partial charge in [0.1, 0.15) is 0 Å². The number of aromatic nitrogens is 1. The molecule has 4 heteroatoms. The van der Waals surface area contributed by atoms with Crippen LogP contribution in [0, 0.1) is 6.92 Å². The highest BCUT2D eigenvalue weighted by Crippen LogP contribution is 2.20. The van der Waals surface area contributed by atoms with Gasteiger partial charge in [-0.3, -0.25) is 9.78 Å². The Bertz CT molecular complexity index is 374. The van der Waals surface area contributed by atoms with Crippen LogP contribution < -0.4 is 5.32 Å². The maximum Gasteiger partial charge on any atom is 0.253 e. The van der Waals surface area contributed by atoms with E-state index in [0.29, 0.717) is 11.6 Å². The number of halogens is 1. The van der Waals surface area contributed by atoms with Gasteiger partial charge < -0.3 is 5.32 Å². The quantitative estimate of drug-likeness (QED) is 0.878. The van der Waals surface area contributed by atoms with Gasteiger partial charge in [0.25, 0.3) is 5.91 Å². The van der Waals surface area contributed by atoms with E-state index in [1.54, 1.807) is 12.3 Å². The van der Waals surface area contributed by atoms with Gasteiger partial charge in [0.2, 0.25) is 0 Å². The predicted octanol–water partition coefficient (Wildman–Crippen LogP) is 2.04. The molecule has 2 rings (SSSR count). The molecule has 0 atom stereocenters. The third kappa shape index (κ3) is 2.12. The van der Waals surface area contributed by atoms with E-state index in [9.17, 15) is 4.79 Å². The Balaban J connectivity index is 2.20. The lowest BCUT2D eigenvalue weighted by Gasteiger charge is -2.05. The predicted molar refractivity (Wildman–Crippen MR) is 57.2 cm³/mol. The van der Waals surface area contributed by atoms with Crippen LogP contribution in [-0.2, 0) is 0 Å². The highest BCUT2D eigenvalue weighted by molar-refractivity contribution is 9.10. The Labute approximate surface area is 91.0 Å². The summed E-state index contributed by atoms with van der Waals surface area (Å²) < 4.78 is 0.837. The van der Waals surface area contributed by atoms with Gasteiger partial charge in [-0.15, -0.1) is 0 Å². The van der Waals surface area contributed by atoms with E-state index < -0.39 is 0 Å². The average Bonchev–Trinajstić information content (AvgIpc) is 2.93. The molecule has 1 fully saturated rings. The van der Waals surface area contributed by atoms with Crippen molar-refractivity contribution in [3.8, 4) is 0 Å². The van der Waals surface area contributed by atoms with Crippen LogP contribution >= 0.6 is 15.9 Å². The first kappa shape index (κ1) is 9.65. The Morgan fingerprint density at radius 3 is 3.00 bits per heavy atom. The van der Waals surface area contributed by atoms with Gasteiger partial charge in [0.05, 0.1) is 11.3 Å². The number of nitrogens with one attached hydrogen (secondary N) is 1. The molecular weight excluding hydrogens is 244 g/mol. The van der Waals surface area contributed by atoms with Gasteiger partial charge in [0, 0.05) is 16.7 Å². The first-order valence-electron chi connectivity index (χ1n) is 4.60. The van der Waals surface area contributed by atoms with Crippen LogP contribution in [0.3, 0.4) is 0 Å². The molecule has 1 amide bonds. The topological polar surface area (TPSA) is 42.0 Å². The van der Waals surface area contributed by atoms with Crippen LogP contribution in [-0.4, -0.2) is 16.9 Å². The number of aryl methyl sites for hydroxylation is 1. The second-order valence-electron chi connectivity index (χ2n) is 3.53. The van der Waals surface area contributed by atoms with Gasteiger partial charge >= 0.3 is 0 Å². The molecular formula is C10H11BrN2O. The summed E-state index contributed by atoms with van der Waals surface area (Å²) in [6, 6.07) is 2.20. The molecule has 0 aromatic carbocycles. The van der Waals surface area contributed by atoms with E-state index in [1.807, 2.05) is 6.92 Å². The minimum Gasteiger partial charge on any atom is -0.349 e. The molecule has 1 aliphatic carbocycles. The smallest absolute Gasteiger partial charge is 0.253 e. The normalized spacial score (nSPS) is 15.3. The van der Waals surface area contributed by atoms with E-state index >= 15 is 0 Å². The molecule has 0 unspecified atom stereocenters. The standard InChI is InChI=1S/C10H11BrN2O/c1-6-9(4-7(11)5-12-6)10(14)13-8-2-3-8/h4-5,8H,2-3H2,1H3,(H,13,14). The zero-order valence-corrected chi connectivity index (χ0v) is 9.47. The Hall–Kier alpha value is -0.900. The molecule has 1 aromatic heterocycles. The molecule has 1 aliphatic rings. The fraction of sp³-hybridized carbons (Fsp3) is 0.400. The monoisotopic (exact) mass is 254 g/mol. The van der Waals surface area contributed by atoms with Gasteiger partial charge in [-0.2, -0.15) is 0 Å². The summed E-state index contributed by atoms with van der Waals surface area (Å²) in [7, 11) is 0. The summed E-state index contributed by atoms with van der Waals surface area (Å²) >= 11 is 3.30. The number of carbonyl (C=O) groups excluding carboxylic acids is 1. The van der Waals surface area contributed by atoms with Gasteiger partial charge in [-0.1, -0.05) is 0 Å². The van der Waals surface area contributed by atoms with Crippen LogP contribution in [0.2, 0.25) is 0 Å². The molecule has 0 spiro atoms. The minimum absolute atomic E-state index is 0.0150. The molecule has 14 heavy (non-hydrogen) atoms. The zero-order valence-electron chi connectivity index (χ0n) is 7.88. The summed E-state index contributed by atoms with van der Waals surface area (Å²) in [6.07, 6.45) is 3.90. The largest absolute Gasteiger partial charge is 0.349 e. The van der Waals surface area contributed by atoms with Crippen LogP contribution in [0.5, 0.6) is 0 Å². The summed E-state index contributed by atoms with van der Waals surface area (Å²) in [6.45, 7) is 1.84. The van der Waals surface area contributed by atoms with Crippen molar-refractivity contribution >= 4 is 21.8 Å². The summed E-state index contributed by atoms with van der Waals surface area (Å²) in [5.41, 5.74) is 1.43. The molecule has 0 bridgehead atoms. The summed E-state index contributed by atoms with van der Waals surface area (Å²) in [5.74, 6) is -0.0150. The molecule has 1 aromatic rings. The fourth-order valence-electron chi connectivity index (χ4n) is 1.23. The Morgan fingerprint density at radius 1 is 1.64 bits per heavy atom. The molecule has 0 aliphatic heterocycles. The second-order valence-corrected chi connectivity index (χ2v) is 4.45. The van der Waals surface area contributed by atoms with Crippen LogP contribution in [0.1, 0.15) is 28.9 Å². The molecule has 3 nitrogen and oxygen atoms in total. The Morgan fingerprint density at radius 2 is 2.36 bits per heavy atom. The maximum atomic E-state index is 11.7. The van der Waals surface area contributed by atoms with Crippen molar-refractivity contribution in [3.05, 3.63) is 28.0 Å². The third-order valence-electron chi connectivity index (χ3n) is 2.21. The first-order valence-corrected chi connectivity index (χ1v) is 5.39. The minimum atomic E-state index is -0.0150. The molecule has 1 heterocycles. The number of carbonyl (C=O) groups is 1. The SMILES string of the molecule is Cc1ncc(Br)cc1C(=O)NC1CC1. The highest BCUT2D eigenvalue weighted by atomic mass is 79.9. The molecule has 0 radical (unpaired) electrons. The lowest BCUT2D eigenvalue weighted by molar-refractivity contribution is 0.0950. The number of pyridine rings is 1. The Kier molecular flexibility index (Phi) is 2.54. The van der Waals surface area contributed by atoms with Crippen LogP contribution in [0.4, 0.5) is 0 Å². The van der Waals surface area contributed by atoms with Crippen molar-refractivity contribution in [1.82, 2.24) is 10.3 Å². The fourth-order valence-corrected chi connectivity index (χ4v) is 1.56. The van der Waals surface area contributed by atoms with Crippen LogP contribution in [0.15, 0.2) is 16.7 Å². The van der Waals surface area contributed by atoms with Gasteiger partial charge in [0.15, 0.2) is 0 Å². The zero-order chi connectivity index (χ0) is 10.1. The molecule has 0 saturated heterocycles. The molecule has 74 valence electrons. The highest BCUT2D eigenvalue weighted by Gasteiger charge is 2.24. The van der Waals surface area contributed by atoms with Crippen LogP contribution in [0.25, 0.3) is 0 Å². The number of amides is 1. The molecule has 1 saturated carbocycles. The van der Waals surface area contributed by atoms with E-state index in [2.05, 4.69) is 26.2 Å². The third-order valence-corrected chi connectivity index (χ3v) is 2.64. The average molecular weight is 255 g/mol. The van der Waals surface area contributed by atoms with Crippen molar-refractivity contribution in [2.24, 2.45) is 0 Å². The second kappa shape index (κ2) is 3.69. The van der Waals surface area contributed by atoms with Crippen molar-refractivity contribution in [1.29, 1.82) is 0 Å². The van der Waals surface area contributed by atoms with E-state index in [1.165, 1.54) is 0 Å². The van der Waals surface area contributed by atoms with Crippen molar-refractivity contribution in [2.45, 2.75) is 25.8 Å². The molecule has 1 N–H and O–H groups in total. The van der Waals surface area contributed by atoms with Crippen molar-refractivity contribution in [3.63, 3.8) is 0 Å². The van der Waals surface area contributed by atoms with E-state index in [0.717, 1.165) is 23.0 Å². The lowest BCUT2D eigenvalue weighted by Crippen LogP contribution is -2.26. The van der Waals surface area contributed by atoms with Crippen molar-refractivity contribution in [2.75, 3.05) is 0 Å².